The molecule has 14 heavy (non-hydrogen) atoms. The highest BCUT2D eigenvalue weighted by Gasteiger charge is 2.04. The van der Waals surface area contributed by atoms with E-state index in [1.807, 2.05) is 21.0 Å². The van der Waals surface area contributed by atoms with Crippen molar-refractivity contribution in [3.63, 3.8) is 0 Å². The Labute approximate surface area is 86.5 Å². The lowest BCUT2D eigenvalue weighted by atomic mass is 10.1. The molecule has 0 aliphatic heterocycles. The zero-order chi connectivity index (χ0) is 10.6. The number of ether oxygens (including phenoxy) is 1. The molecule has 1 rings (SSSR count). The van der Waals surface area contributed by atoms with Gasteiger partial charge in [-0.25, -0.2) is 0 Å². The summed E-state index contributed by atoms with van der Waals surface area (Å²) < 4.78 is 5.51. The van der Waals surface area contributed by atoms with Crippen molar-refractivity contribution in [1.82, 2.24) is 0 Å². The summed E-state index contributed by atoms with van der Waals surface area (Å²) in [6, 6.07) is 8.47. The molecule has 2 heteroatoms. The van der Waals surface area contributed by atoms with Crippen molar-refractivity contribution >= 4 is 5.69 Å². The zero-order valence-corrected chi connectivity index (χ0v) is 9.45. The van der Waals surface area contributed by atoms with Crippen molar-refractivity contribution in [2.75, 3.05) is 25.6 Å². The molecule has 0 N–H and O–H groups in total. The summed E-state index contributed by atoms with van der Waals surface area (Å²) in [4.78, 5) is 2.09. The van der Waals surface area contributed by atoms with Crippen LogP contribution in [0.2, 0.25) is 0 Å². The number of benzene rings is 1. The molecule has 0 saturated heterocycles. The molecule has 0 heterocycles. The molecule has 1 aromatic rings. The normalized spacial score (nSPS) is 12.6. The summed E-state index contributed by atoms with van der Waals surface area (Å²) in [5, 5.41) is 0. The van der Waals surface area contributed by atoms with Crippen LogP contribution in [-0.4, -0.2) is 20.7 Å². The highest BCUT2D eigenvalue weighted by atomic mass is 16.5. The second-order valence-electron chi connectivity index (χ2n) is 3.58. The fourth-order valence-corrected chi connectivity index (χ4v) is 1.39. The Morgan fingerprint density at radius 1 is 1.21 bits per heavy atom. The first-order valence-corrected chi connectivity index (χ1v) is 5.04. The smallest absolute Gasteiger partial charge is 0.0796 e. The van der Waals surface area contributed by atoms with Gasteiger partial charge < -0.3 is 9.64 Å². The largest absolute Gasteiger partial charge is 0.378 e. The molecule has 1 unspecified atom stereocenters. The third-order valence-electron chi connectivity index (χ3n) is 2.30. The summed E-state index contributed by atoms with van der Waals surface area (Å²) in [7, 11) is 4.09. The molecular formula is C12H19NO. The van der Waals surface area contributed by atoms with Gasteiger partial charge in [-0.2, -0.15) is 0 Å². The predicted molar refractivity (Wildman–Crippen MR) is 60.8 cm³/mol. The minimum atomic E-state index is 0.191. The first kappa shape index (κ1) is 11.1. The highest BCUT2D eigenvalue weighted by Crippen LogP contribution is 2.19. The van der Waals surface area contributed by atoms with Crippen LogP contribution in [0, 0.1) is 0 Å². The van der Waals surface area contributed by atoms with Gasteiger partial charge in [0.1, 0.15) is 0 Å². The maximum Gasteiger partial charge on any atom is 0.0796 e. The number of nitrogens with zero attached hydrogens (tertiary/aromatic N) is 1. The first-order chi connectivity index (χ1) is 6.65. The zero-order valence-electron chi connectivity index (χ0n) is 9.45. The fourth-order valence-electron chi connectivity index (χ4n) is 1.39. The van der Waals surface area contributed by atoms with E-state index in [-0.39, 0.29) is 6.10 Å². The third kappa shape index (κ3) is 2.74. The second kappa shape index (κ2) is 5.01. The molecule has 0 aliphatic carbocycles. The van der Waals surface area contributed by atoms with E-state index in [0.29, 0.717) is 0 Å². The summed E-state index contributed by atoms with van der Waals surface area (Å²) in [5.41, 5.74) is 2.45. The lowest BCUT2D eigenvalue weighted by molar-refractivity contribution is 0.0764. The van der Waals surface area contributed by atoms with E-state index in [2.05, 4.69) is 36.1 Å². The van der Waals surface area contributed by atoms with Gasteiger partial charge in [0.2, 0.25) is 0 Å². The van der Waals surface area contributed by atoms with Crippen molar-refractivity contribution in [1.29, 1.82) is 0 Å². The summed E-state index contributed by atoms with van der Waals surface area (Å²) >= 11 is 0. The van der Waals surface area contributed by atoms with Gasteiger partial charge in [-0.3, -0.25) is 0 Å². The fraction of sp³-hybridized carbons (Fsp3) is 0.500. The Balaban J connectivity index is 2.72. The molecule has 1 atom stereocenters. The summed E-state index contributed by atoms with van der Waals surface area (Å²) in [6.45, 7) is 4.86. The quantitative estimate of drug-likeness (QED) is 0.729. The average molecular weight is 193 g/mol. The van der Waals surface area contributed by atoms with Crippen LogP contribution in [0.1, 0.15) is 25.5 Å². The molecule has 0 aromatic heterocycles. The van der Waals surface area contributed by atoms with Crippen LogP contribution in [0.4, 0.5) is 5.69 Å². The van der Waals surface area contributed by atoms with E-state index in [1.54, 1.807) is 0 Å². The van der Waals surface area contributed by atoms with Gasteiger partial charge in [0.05, 0.1) is 6.10 Å². The van der Waals surface area contributed by atoms with Gasteiger partial charge >= 0.3 is 0 Å². The van der Waals surface area contributed by atoms with Gasteiger partial charge in [0.15, 0.2) is 0 Å². The topological polar surface area (TPSA) is 12.5 Å². The van der Waals surface area contributed by atoms with Gasteiger partial charge in [0.25, 0.3) is 0 Å². The molecule has 78 valence electrons. The van der Waals surface area contributed by atoms with Crippen LogP contribution in [0.25, 0.3) is 0 Å². The van der Waals surface area contributed by atoms with Crippen molar-refractivity contribution < 1.29 is 4.74 Å². The van der Waals surface area contributed by atoms with Gasteiger partial charge in [-0.05, 0) is 31.5 Å². The number of rotatable bonds is 4. The molecule has 0 spiro atoms. The van der Waals surface area contributed by atoms with E-state index in [9.17, 15) is 0 Å². The molecule has 0 amide bonds. The molecule has 0 fully saturated rings. The molecule has 0 radical (unpaired) electrons. The van der Waals surface area contributed by atoms with E-state index in [4.69, 9.17) is 4.74 Å². The number of hydrogen-bond donors (Lipinski definition) is 0. The van der Waals surface area contributed by atoms with Crippen molar-refractivity contribution in [3.05, 3.63) is 29.8 Å². The van der Waals surface area contributed by atoms with E-state index in [0.717, 1.165) is 6.61 Å². The van der Waals surface area contributed by atoms with Gasteiger partial charge in [-0.15, -0.1) is 0 Å². The maximum absolute atomic E-state index is 5.51. The minimum Gasteiger partial charge on any atom is -0.378 e. The van der Waals surface area contributed by atoms with Gasteiger partial charge in [0, 0.05) is 26.4 Å². The molecule has 0 aliphatic rings. The Morgan fingerprint density at radius 3 is 2.21 bits per heavy atom. The highest BCUT2D eigenvalue weighted by molar-refractivity contribution is 5.46. The summed E-state index contributed by atoms with van der Waals surface area (Å²) in [6.07, 6.45) is 0.191. The van der Waals surface area contributed by atoms with Crippen molar-refractivity contribution in [3.8, 4) is 0 Å². The van der Waals surface area contributed by atoms with Crippen LogP contribution < -0.4 is 4.90 Å². The maximum atomic E-state index is 5.51. The van der Waals surface area contributed by atoms with E-state index in [1.165, 1.54) is 11.3 Å². The standard InChI is InChI=1S/C12H19NO/c1-5-14-10(2)11-6-8-12(9-7-11)13(3)4/h6-10H,5H2,1-4H3. The second-order valence-corrected chi connectivity index (χ2v) is 3.58. The van der Waals surface area contributed by atoms with E-state index >= 15 is 0 Å². The Morgan fingerprint density at radius 2 is 1.79 bits per heavy atom. The minimum absolute atomic E-state index is 0.191. The summed E-state index contributed by atoms with van der Waals surface area (Å²) in [5.74, 6) is 0. The van der Waals surface area contributed by atoms with E-state index < -0.39 is 0 Å². The Bertz CT molecular complexity index is 266. The number of anilines is 1. The molecule has 1 aromatic carbocycles. The lowest BCUT2D eigenvalue weighted by Gasteiger charge is -2.15. The molecule has 0 bridgehead atoms. The molecular weight excluding hydrogens is 174 g/mol. The van der Waals surface area contributed by atoms with Crippen LogP contribution in [-0.2, 0) is 4.74 Å². The monoisotopic (exact) mass is 193 g/mol. The lowest BCUT2D eigenvalue weighted by Crippen LogP contribution is -2.08. The van der Waals surface area contributed by atoms with Crippen molar-refractivity contribution in [2.24, 2.45) is 0 Å². The predicted octanol–water partition coefficient (Wildman–Crippen LogP) is 2.85. The first-order valence-electron chi connectivity index (χ1n) is 5.04. The SMILES string of the molecule is CCOC(C)c1ccc(N(C)C)cc1. The van der Waals surface area contributed by atoms with Gasteiger partial charge in [-0.1, -0.05) is 12.1 Å². The van der Waals surface area contributed by atoms with Crippen LogP contribution in [0.5, 0.6) is 0 Å². The molecule has 2 nitrogen and oxygen atoms in total. The van der Waals surface area contributed by atoms with Crippen LogP contribution in [0.15, 0.2) is 24.3 Å². The Kier molecular flexibility index (Phi) is 3.96. The Hall–Kier alpha value is -1.02. The molecule has 0 saturated carbocycles. The van der Waals surface area contributed by atoms with Crippen LogP contribution >= 0.6 is 0 Å². The third-order valence-corrected chi connectivity index (χ3v) is 2.30. The average Bonchev–Trinajstić information content (AvgIpc) is 2.18. The van der Waals surface area contributed by atoms with Crippen molar-refractivity contribution in [2.45, 2.75) is 20.0 Å². The van der Waals surface area contributed by atoms with Crippen LogP contribution in [0.3, 0.4) is 0 Å². The number of hydrogen-bond acceptors (Lipinski definition) is 2.